The summed E-state index contributed by atoms with van der Waals surface area (Å²) in [7, 11) is 0. The maximum absolute atomic E-state index is 12.0. The van der Waals surface area contributed by atoms with Gasteiger partial charge in [0.05, 0.1) is 4.47 Å². The van der Waals surface area contributed by atoms with Gasteiger partial charge in [0.1, 0.15) is 5.82 Å². The van der Waals surface area contributed by atoms with Crippen molar-refractivity contribution in [2.45, 2.75) is 33.1 Å². The van der Waals surface area contributed by atoms with E-state index in [1.165, 1.54) is 11.6 Å². The van der Waals surface area contributed by atoms with Gasteiger partial charge in [-0.3, -0.25) is 4.79 Å². The Labute approximate surface area is 146 Å². The summed E-state index contributed by atoms with van der Waals surface area (Å²) in [6, 6.07) is 10.1. The Balaban J connectivity index is 2.03. The fourth-order valence-corrected chi connectivity index (χ4v) is 2.61. The van der Waals surface area contributed by atoms with Crippen LogP contribution >= 0.6 is 15.9 Å². The molecule has 0 fully saturated rings. The van der Waals surface area contributed by atoms with Crippen molar-refractivity contribution in [2.24, 2.45) is 0 Å². The molecule has 4 heteroatoms. The van der Waals surface area contributed by atoms with Crippen molar-refractivity contribution in [2.75, 3.05) is 5.32 Å². The first-order chi connectivity index (χ1) is 10.8. The lowest BCUT2D eigenvalue weighted by Gasteiger charge is -2.18. The zero-order chi connectivity index (χ0) is 17.0. The summed E-state index contributed by atoms with van der Waals surface area (Å²) in [5, 5.41) is 2.76. The van der Waals surface area contributed by atoms with Crippen molar-refractivity contribution in [3.63, 3.8) is 0 Å². The number of aromatic nitrogens is 1. The second-order valence-electron chi connectivity index (χ2n) is 6.54. The van der Waals surface area contributed by atoms with Gasteiger partial charge < -0.3 is 5.32 Å². The van der Waals surface area contributed by atoms with Crippen LogP contribution in [0.5, 0.6) is 0 Å². The Morgan fingerprint density at radius 3 is 2.43 bits per heavy atom. The van der Waals surface area contributed by atoms with E-state index in [0.717, 1.165) is 15.6 Å². The molecule has 0 saturated carbocycles. The number of nitrogens with one attached hydrogen (secondary N) is 1. The first kappa shape index (κ1) is 17.4. The Bertz CT molecular complexity index is 728. The molecule has 3 nitrogen and oxygen atoms in total. The smallest absolute Gasteiger partial charge is 0.249 e. The number of hydrogen-bond acceptors (Lipinski definition) is 2. The number of rotatable bonds is 3. The van der Waals surface area contributed by atoms with Gasteiger partial charge in [0.2, 0.25) is 5.91 Å². The molecule has 0 bridgehead atoms. The minimum atomic E-state index is -0.207. The number of benzene rings is 1. The lowest BCUT2D eigenvalue weighted by molar-refractivity contribution is -0.111. The van der Waals surface area contributed by atoms with Crippen molar-refractivity contribution in [3.8, 4) is 0 Å². The van der Waals surface area contributed by atoms with Gasteiger partial charge in [-0.05, 0) is 57.1 Å². The first-order valence-electron chi connectivity index (χ1n) is 7.47. The minimum Gasteiger partial charge on any atom is -0.306 e. The third-order valence-electron chi connectivity index (χ3n) is 3.42. The van der Waals surface area contributed by atoms with Crippen molar-refractivity contribution in [1.82, 2.24) is 4.98 Å². The van der Waals surface area contributed by atoms with Crippen LogP contribution in [-0.2, 0) is 10.2 Å². The van der Waals surface area contributed by atoms with E-state index in [9.17, 15) is 4.79 Å². The zero-order valence-corrected chi connectivity index (χ0v) is 15.4. The summed E-state index contributed by atoms with van der Waals surface area (Å²) >= 11 is 3.40. The van der Waals surface area contributed by atoms with E-state index in [4.69, 9.17) is 0 Å². The number of halogens is 1. The molecule has 0 unspecified atom stereocenters. The van der Waals surface area contributed by atoms with Crippen molar-refractivity contribution in [3.05, 3.63) is 63.8 Å². The number of carbonyl (C=O) groups is 1. The third-order valence-corrected chi connectivity index (χ3v) is 4.03. The molecule has 1 aromatic heterocycles. The number of nitrogens with zero attached hydrogens (tertiary/aromatic N) is 1. The standard InChI is InChI=1S/C19H21BrN2O/c1-13-11-16(20)18(21-12-13)22-17(23)10-7-14-5-8-15(9-6-14)19(2,3)4/h5-12H,1-4H3,(H,21,22,23)/b10-7+. The van der Waals surface area contributed by atoms with E-state index < -0.39 is 0 Å². The van der Waals surface area contributed by atoms with Gasteiger partial charge in [0.15, 0.2) is 0 Å². The van der Waals surface area contributed by atoms with Gasteiger partial charge in [-0.2, -0.15) is 0 Å². The lowest BCUT2D eigenvalue weighted by atomic mass is 9.87. The Hall–Kier alpha value is -1.94. The van der Waals surface area contributed by atoms with Crippen molar-refractivity contribution >= 4 is 33.7 Å². The SMILES string of the molecule is Cc1cnc(NC(=O)/C=C/c2ccc(C(C)(C)C)cc2)c(Br)c1. The molecule has 1 heterocycles. The summed E-state index contributed by atoms with van der Waals surface area (Å²) in [6.07, 6.45) is 5.03. The van der Waals surface area contributed by atoms with E-state index in [1.807, 2.05) is 25.1 Å². The molecular weight excluding hydrogens is 352 g/mol. The van der Waals surface area contributed by atoms with Gasteiger partial charge in [0, 0.05) is 12.3 Å². The number of pyridine rings is 1. The second-order valence-corrected chi connectivity index (χ2v) is 7.39. The number of carbonyl (C=O) groups excluding carboxylic acids is 1. The highest BCUT2D eigenvalue weighted by molar-refractivity contribution is 9.10. The van der Waals surface area contributed by atoms with Crippen LogP contribution in [-0.4, -0.2) is 10.9 Å². The van der Waals surface area contributed by atoms with E-state index in [2.05, 4.69) is 59.1 Å². The Kier molecular flexibility index (Phi) is 5.37. The molecule has 0 aliphatic carbocycles. The zero-order valence-electron chi connectivity index (χ0n) is 13.9. The minimum absolute atomic E-state index is 0.128. The molecule has 0 saturated heterocycles. The Morgan fingerprint density at radius 1 is 1.22 bits per heavy atom. The summed E-state index contributed by atoms with van der Waals surface area (Å²) in [4.78, 5) is 16.2. The van der Waals surface area contributed by atoms with Crippen LogP contribution in [0.4, 0.5) is 5.82 Å². The average Bonchev–Trinajstić information content (AvgIpc) is 2.47. The van der Waals surface area contributed by atoms with Crippen LogP contribution in [0.2, 0.25) is 0 Å². The molecule has 0 aliphatic heterocycles. The number of aryl methyl sites for hydroxylation is 1. The summed E-state index contributed by atoms with van der Waals surface area (Å²) in [5.74, 6) is 0.315. The maximum atomic E-state index is 12.0. The predicted octanol–water partition coefficient (Wildman–Crippen LogP) is 5.10. The molecule has 0 radical (unpaired) electrons. The van der Waals surface area contributed by atoms with E-state index in [0.29, 0.717) is 5.82 Å². The van der Waals surface area contributed by atoms with Crippen molar-refractivity contribution in [1.29, 1.82) is 0 Å². The molecule has 1 amide bonds. The highest BCUT2D eigenvalue weighted by Gasteiger charge is 2.12. The molecule has 2 rings (SSSR count). The topological polar surface area (TPSA) is 42.0 Å². The average molecular weight is 373 g/mol. The van der Waals surface area contributed by atoms with Gasteiger partial charge in [-0.1, -0.05) is 45.0 Å². The summed E-state index contributed by atoms with van der Waals surface area (Å²) in [6.45, 7) is 8.48. The van der Waals surface area contributed by atoms with E-state index in [-0.39, 0.29) is 11.3 Å². The molecular formula is C19H21BrN2O. The van der Waals surface area contributed by atoms with Gasteiger partial charge in [-0.25, -0.2) is 4.98 Å². The van der Waals surface area contributed by atoms with Crippen LogP contribution in [0, 0.1) is 6.92 Å². The number of amides is 1. The lowest BCUT2D eigenvalue weighted by Crippen LogP contribution is -2.10. The van der Waals surface area contributed by atoms with Crippen molar-refractivity contribution < 1.29 is 4.79 Å². The van der Waals surface area contributed by atoms with Crippen LogP contribution < -0.4 is 5.32 Å². The molecule has 120 valence electrons. The van der Waals surface area contributed by atoms with Crippen LogP contribution in [0.15, 0.2) is 47.1 Å². The highest BCUT2D eigenvalue weighted by atomic mass is 79.9. The molecule has 0 aliphatic rings. The highest BCUT2D eigenvalue weighted by Crippen LogP contribution is 2.23. The van der Waals surface area contributed by atoms with Crippen LogP contribution in [0.1, 0.15) is 37.5 Å². The quantitative estimate of drug-likeness (QED) is 0.761. The molecule has 23 heavy (non-hydrogen) atoms. The molecule has 1 aromatic carbocycles. The third kappa shape index (κ3) is 5.03. The molecule has 0 atom stereocenters. The second kappa shape index (κ2) is 7.09. The van der Waals surface area contributed by atoms with E-state index in [1.54, 1.807) is 12.3 Å². The predicted molar refractivity (Wildman–Crippen MR) is 99.5 cm³/mol. The first-order valence-corrected chi connectivity index (χ1v) is 8.27. The van der Waals surface area contributed by atoms with E-state index >= 15 is 0 Å². The van der Waals surface area contributed by atoms with Crippen LogP contribution in [0.3, 0.4) is 0 Å². The number of hydrogen-bond donors (Lipinski definition) is 1. The normalized spacial score (nSPS) is 11.7. The fourth-order valence-electron chi connectivity index (χ4n) is 2.05. The number of anilines is 1. The maximum Gasteiger partial charge on any atom is 0.249 e. The summed E-state index contributed by atoms with van der Waals surface area (Å²) in [5.41, 5.74) is 3.42. The fraction of sp³-hybridized carbons (Fsp3) is 0.263. The Morgan fingerprint density at radius 2 is 1.87 bits per heavy atom. The largest absolute Gasteiger partial charge is 0.306 e. The van der Waals surface area contributed by atoms with Gasteiger partial charge >= 0.3 is 0 Å². The monoisotopic (exact) mass is 372 g/mol. The van der Waals surface area contributed by atoms with Gasteiger partial charge in [0.25, 0.3) is 0 Å². The molecule has 2 aromatic rings. The van der Waals surface area contributed by atoms with Gasteiger partial charge in [-0.15, -0.1) is 0 Å². The van der Waals surface area contributed by atoms with Crippen LogP contribution in [0.25, 0.3) is 6.08 Å². The molecule has 1 N–H and O–H groups in total. The molecule has 0 spiro atoms. The summed E-state index contributed by atoms with van der Waals surface area (Å²) < 4.78 is 0.772.